The van der Waals surface area contributed by atoms with Gasteiger partial charge in [-0.2, -0.15) is 0 Å². The summed E-state index contributed by atoms with van der Waals surface area (Å²) < 4.78 is 1.12. The molecule has 0 aromatic carbocycles. The molecule has 0 fully saturated rings. The zero-order valence-electron chi connectivity index (χ0n) is 9.15. The fourth-order valence-corrected chi connectivity index (χ4v) is 3.07. The Hall–Kier alpha value is -0.610. The summed E-state index contributed by atoms with van der Waals surface area (Å²) in [5, 5.41) is 10.1. The van der Waals surface area contributed by atoms with Crippen molar-refractivity contribution in [2.24, 2.45) is 0 Å². The fraction of sp³-hybridized carbons (Fsp3) is 0.250. The first kappa shape index (κ1) is 12.8. The van der Waals surface area contributed by atoms with Gasteiger partial charge < -0.3 is 5.11 Å². The number of hydrogen-bond donors (Lipinski definition) is 1. The number of aryl methyl sites for hydroxylation is 1. The van der Waals surface area contributed by atoms with Crippen molar-refractivity contribution in [3.05, 3.63) is 49.9 Å². The third-order valence-electron chi connectivity index (χ3n) is 2.42. The third-order valence-corrected chi connectivity index (χ3v) is 3.94. The van der Waals surface area contributed by atoms with Crippen LogP contribution in [0.4, 0.5) is 0 Å². The van der Waals surface area contributed by atoms with Crippen LogP contribution in [-0.4, -0.2) is 10.1 Å². The second kappa shape index (κ2) is 5.36. The van der Waals surface area contributed by atoms with E-state index >= 15 is 0 Å². The molecule has 2 aromatic rings. The van der Waals surface area contributed by atoms with Crippen molar-refractivity contribution < 1.29 is 5.11 Å². The molecule has 0 bridgehead atoms. The number of rotatable bonds is 3. The van der Waals surface area contributed by atoms with Crippen LogP contribution < -0.4 is 0 Å². The van der Waals surface area contributed by atoms with E-state index < -0.39 is 6.10 Å². The Morgan fingerprint density at radius 2 is 2.18 bits per heavy atom. The minimum atomic E-state index is -0.665. The third kappa shape index (κ3) is 3.19. The smallest absolute Gasteiger partial charge is 0.100 e. The molecule has 2 rings (SSSR count). The highest BCUT2D eigenvalue weighted by Gasteiger charge is 2.16. The van der Waals surface area contributed by atoms with Gasteiger partial charge in [0.25, 0.3) is 0 Å². The summed E-state index contributed by atoms with van der Waals surface area (Å²) in [5.74, 6) is 0. The van der Waals surface area contributed by atoms with Crippen molar-refractivity contribution in [2.75, 3.05) is 0 Å². The summed E-state index contributed by atoms with van der Waals surface area (Å²) in [5.41, 5.74) is 2.60. The van der Waals surface area contributed by atoms with Gasteiger partial charge in [-0.3, -0.25) is 4.98 Å². The van der Waals surface area contributed by atoms with E-state index in [0.717, 1.165) is 11.3 Å². The van der Waals surface area contributed by atoms with Crippen molar-refractivity contribution in [1.29, 1.82) is 0 Å². The summed E-state index contributed by atoms with van der Waals surface area (Å²) in [6.07, 6.45) is 1.55. The van der Waals surface area contributed by atoms with Crippen molar-refractivity contribution in [3.8, 4) is 0 Å². The lowest BCUT2D eigenvalue weighted by Crippen LogP contribution is -2.02. The van der Waals surface area contributed by atoms with Crippen molar-refractivity contribution in [1.82, 2.24) is 4.98 Å². The Morgan fingerprint density at radius 3 is 2.71 bits per heavy atom. The first-order valence-electron chi connectivity index (χ1n) is 5.10. The molecule has 2 nitrogen and oxygen atoms in total. The Morgan fingerprint density at radius 1 is 1.41 bits per heavy atom. The highest BCUT2D eigenvalue weighted by molar-refractivity contribution is 7.20. The van der Waals surface area contributed by atoms with E-state index in [9.17, 15) is 5.11 Å². The van der Waals surface area contributed by atoms with Crippen LogP contribution in [0, 0.1) is 6.92 Å². The van der Waals surface area contributed by atoms with Crippen LogP contribution in [0.2, 0.25) is 8.67 Å². The van der Waals surface area contributed by atoms with Crippen LogP contribution in [0.25, 0.3) is 0 Å². The summed E-state index contributed by atoms with van der Waals surface area (Å²) in [6, 6.07) is 5.57. The Balaban J connectivity index is 2.14. The fourth-order valence-electron chi connectivity index (χ4n) is 1.51. The predicted molar refractivity (Wildman–Crippen MR) is 72.0 cm³/mol. The molecular formula is C12H11Cl2NOS. The molecule has 17 heavy (non-hydrogen) atoms. The minimum absolute atomic E-state index is 0.438. The van der Waals surface area contributed by atoms with Crippen LogP contribution in [0.5, 0.6) is 0 Å². The van der Waals surface area contributed by atoms with E-state index in [-0.39, 0.29) is 0 Å². The van der Waals surface area contributed by atoms with Crippen LogP contribution in [0.3, 0.4) is 0 Å². The number of halogens is 2. The molecule has 2 aromatic heterocycles. The summed E-state index contributed by atoms with van der Waals surface area (Å²) >= 11 is 13.1. The molecule has 2 heterocycles. The minimum Gasteiger partial charge on any atom is -0.388 e. The number of thiophene rings is 1. The van der Waals surface area contributed by atoms with Gasteiger partial charge in [0.2, 0.25) is 0 Å². The van der Waals surface area contributed by atoms with E-state index in [2.05, 4.69) is 4.98 Å². The highest BCUT2D eigenvalue weighted by Crippen LogP contribution is 2.35. The molecule has 0 saturated carbocycles. The van der Waals surface area contributed by atoms with E-state index in [1.807, 2.05) is 19.1 Å². The Bertz CT molecular complexity index is 510. The molecule has 0 amide bonds. The second-order valence-electron chi connectivity index (χ2n) is 3.83. The van der Waals surface area contributed by atoms with Gasteiger partial charge in [0.1, 0.15) is 4.34 Å². The molecule has 0 aliphatic heterocycles. The molecular weight excluding hydrogens is 277 g/mol. The zero-order chi connectivity index (χ0) is 12.4. The average molecular weight is 288 g/mol. The Kier molecular flexibility index (Phi) is 4.05. The standard InChI is InChI=1S/C12H11Cl2NOS/c1-7-2-3-8(15-6-7)4-10(16)9-5-11(13)17-12(9)14/h2-3,5-6,10,16H,4H2,1H3. The van der Waals surface area contributed by atoms with Gasteiger partial charge >= 0.3 is 0 Å². The van der Waals surface area contributed by atoms with Crippen LogP contribution in [0.15, 0.2) is 24.4 Å². The van der Waals surface area contributed by atoms with Crippen molar-refractivity contribution in [2.45, 2.75) is 19.4 Å². The lowest BCUT2D eigenvalue weighted by molar-refractivity contribution is 0.178. The van der Waals surface area contributed by atoms with Gasteiger partial charge in [-0.15, -0.1) is 11.3 Å². The van der Waals surface area contributed by atoms with Crippen LogP contribution in [0.1, 0.15) is 22.9 Å². The van der Waals surface area contributed by atoms with E-state index in [1.54, 1.807) is 12.3 Å². The molecule has 1 atom stereocenters. The lowest BCUT2D eigenvalue weighted by Gasteiger charge is -2.09. The van der Waals surface area contributed by atoms with Crippen molar-refractivity contribution in [3.63, 3.8) is 0 Å². The number of hydrogen-bond acceptors (Lipinski definition) is 3. The number of aliphatic hydroxyl groups excluding tert-OH is 1. The first-order chi connectivity index (χ1) is 8.06. The number of pyridine rings is 1. The summed E-state index contributed by atoms with van der Waals surface area (Å²) in [7, 11) is 0. The lowest BCUT2D eigenvalue weighted by atomic mass is 10.1. The van der Waals surface area contributed by atoms with E-state index in [0.29, 0.717) is 20.7 Å². The van der Waals surface area contributed by atoms with Gasteiger partial charge in [0.15, 0.2) is 0 Å². The van der Waals surface area contributed by atoms with E-state index in [1.165, 1.54) is 11.3 Å². The van der Waals surface area contributed by atoms with Crippen LogP contribution >= 0.6 is 34.5 Å². The average Bonchev–Trinajstić information content (AvgIpc) is 2.61. The van der Waals surface area contributed by atoms with Gasteiger partial charge in [-0.1, -0.05) is 29.3 Å². The van der Waals surface area contributed by atoms with Gasteiger partial charge in [0.05, 0.1) is 10.4 Å². The SMILES string of the molecule is Cc1ccc(CC(O)c2cc(Cl)sc2Cl)nc1. The topological polar surface area (TPSA) is 33.1 Å². The predicted octanol–water partition coefficient (Wildman–Crippen LogP) is 4.03. The normalized spacial score (nSPS) is 12.7. The molecule has 1 N–H and O–H groups in total. The molecule has 0 radical (unpaired) electrons. The number of aliphatic hydroxyl groups is 1. The van der Waals surface area contributed by atoms with Crippen molar-refractivity contribution >= 4 is 34.5 Å². The maximum atomic E-state index is 10.1. The summed E-state index contributed by atoms with van der Waals surface area (Å²) in [6.45, 7) is 1.97. The molecule has 0 saturated heterocycles. The molecule has 5 heteroatoms. The number of aromatic nitrogens is 1. The molecule has 0 aliphatic rings. The molecule has 1 unspecified atom stereocenters. The van der Waals surface area contributed by atoms with Gasteiger partial charge in [0, 0.05) is 23.9 Å². The van der Waals surface area contributed by atoms with Crippen LogP contribution in [-0.2, 0) is 6.42 Å². The molecule has 0 spiro atoms. The monoisotopic (exact) mass is 287 g/mol. The van der Waals surface area contributed by atoms with Gasteiger partial charge in [-0.05, 0) is 24.6 Å². The largest absolute Gasteiger partial charge is 0.388 e. The Labute approximate surface area is 114 Å². The van der Waals surface area contributed by atoms with Gasteiger partial charge in [-0.25, -0.2) is 0 Å². The molecule has 90 valence electrons. The maximum Gasteiger partial charge on any atom is 0.100 e. The summed E-state index contributed by atoms with van der Waals surface area (Å²) in [4.78, 5) is 4.25. The second-order valence-corrected chi connectivity index (χ2v) is 6.11. The maximum absolute atomic E-state index is 10.1. The highest BCUT2D eigenvalue weighted by atomic mass is 35.5. The number of nitrogens with zero attached hydrogens (tertiary/aromatic N) is 1. The quantitative estimate of drug-likeness (QED) is 0.924. The zero-order valence-corrected chi connectivity index (χ0v) is 11.5. The first-order valence-corrected chi connectivity index (χ1v) is 6.68. The van der Waals surface area contributed by atoms with E-state index in [4.69, 9.17) is 23.2 Å². The molecule has 0 aliphatic carbocycles.